The smallest absolute Gasteiger partial charge is 0.163 e. The summed E-state index contributed by atoms with van der Waals surface area (Å²) in [6.45, 7) is 6.36. The molecule has 1 saturated carbocycles. The maximum atomic E-state index is 14.1. The largest absolute Gasteiger partial charge is 0.370 e. The summed E-state index contributed by atoms with van der Waals surface area (Å²) >= 11 is 0. The average Bonchev–Trinajstić information content (AvgIpc) is 3.22. The van der Waals surface area contributed by atoms with E-state index in [0.29, 0.717) is 29.9 Å². The number of anilines is 2. The van der Waals surface area contributed by atoms with Gasteiger partial charge in [0.1, 0.15) is 17.5 Å². The number of nitrogens with one attached hydrogen (secondary N) is 2. The first-order chi connectivity index (χ1) is 15.0. The van der Waals surface area contributed by atoms with E-state index in [9.17, 15) is 4.39 Å². The molecule has 0 aliphatic heterocycles. The molecule has 0 unspecified atom stereocenters. The molecule has 1 aliphatic rings. The Hall–Kier alpha value is -2.67. The van der Waals surface area contributed by atoms with E-state index in [4.69, 9.17) is 10.7 Å². The Morgan fingerprint density at radius 1 is 1.13 bits per heavy atom. The summed E-state index contributed by atoms with van der Waals surface area (Å²) in [4.78, 5) is 4.86. The molecule has 1 aliphatic carbocycles. The average molecular weight is 425 g/mol. The summed E-state index contributed by atoms with van der Waals surface area (Å²) in [7, 11) is 0. The van der Waals surface area contributed by atoms with Gasteiger partial charge in [-0.3, -0.25) is 0 Å². The lowest BCUT2D eigenvalue weighted by atomic mass is 9.82. The van der Waals surface area contributed by atoms with Gasteiger partial charge < -0.3 is 16.4 Å². The highest BCUT2D eigenvalue weighted by Crippen LogP contribution is 2.29. The first kappa shape index (κ1) is 21.6. The molecular formula is C24H33FN6. The van der Waals surface area contributed by atoms with Crippen LogP contribution in [0.3, 0.4) is 0 Å². The van der Waals surface area contributed by atoms with Gasteiger partial charge in [-0.1, -0.05) is 32.0 Å². The van der Waals surface area contributed by atoms with E-state index in [-0.39, 0.29) is 5.82 Å². The van der Waals surface area contributed by atoms with Gasteiger partial charge in [0.15, 0.2) is 5.65 Å². The monoisotopic (exact) mass is 424 g/mol. The molecule has 2 aromatic heterocycles. The Bertz CT molecular complexity index is 1010. The van der Waals surface area contributed by atoms with E-state index in [2.05, 4.69) is 29.6 Å². The van der Waals surface area contributed by atoms with Crippen LogP contribution in [0.2, 0.25) is 0 Å². The molecule has 0 saturated heterocycles. The van der Waals surface area contributed by atoms with Gasteiger partial charge in [-0.2, -0.15) is 9.61 Å². The summed E-state index contributed by atoms with van der Waals surface area (Å²) in [5.74, 6) is 3.05. The highest BCUT2D eigenvalue weighted by atomic mass is 19.1. The molecule has 0 spiro atoms. The van der Waals surface area contributed by atoms with Crippen LogP contribution >= 0.6 is 0 Å². The second-order valence-electron chi connectivity index (χ2n) is 8.96. The lowest BCUT2D eigenvalue weighted by molar-refractivity contribution is 0.289. The van der Waals surface area contributed by atoms with Crippen molar-refractivity contribution < 1.29 is 4.39 Å². The fraction of sp³-hybridized carbons (Fsp3) is 0.500. The highest BCUT2D eigenvalue weighted by molar-refractivity contribution is 5.61. The molecule has 0 amide bonds. The van der Waals surface area contributed by atoms with Gasteiger partial charge in [-0.15, -0.1) is 0 Å². The number of nitrogens with two attached hydrogens (primary N) is 1. The second kappa shape index (κ2) is 9.64. The van der Waals surface area contributed by atoms with E-state index in [1.54, 1.807) is 12.1 Å². The normalized spacial score (nSPS) is 19.1. The van der Waals surface area contributed by atoms with Gasteiger partial charge in [-0.05, 0) is 56.0 Å². The van der Waals surface area contributed by atoms with Crippen LogP contribution < -0.4 is 16.4 Å². The van der Waals surface area contributed by atoms with Gasteiger partial charge >= 0.3 is 0 Å². The van der Waals surface area contributed by atoms with Crippen molar-refractivity contribution >= 4 is 17.3 Å². The fourth-order valence-corrected chi connectivity index (χ4v) is 4.35. The van der Waals surface area contributed by atoms with E-state index >= 15 is 0 Å². The third kappa shape index (κ3) is 4.98. The van der Waals surface area contributed by atoms with Crippen molar-refractivity contribution in [1.29, 1.82) is 0 Å². The van der Waals surface area contributed by atoms with Crippen LogP contribution in [0.5, 0.6) is 0 Å². The molecule has 4 N–H and O–H groups in total. The number of fused-ring (bicyclic) bond motifs is 1. The first-order valence-electron chi connectivity index (χ1n) is 11.3. The molecule has 31 heavy (non-hydrogen) atoms. The predicted molar refractivity (Wildman–Crippen MR) is 124 cm³/mol. The van der Waals surface area contributed by atoms with Crippen LogP contribution in [0.4, 0.5) is 16.0 Å². The lowest BCUT2D eigenvalue weighted by Crippen LogP contribution is -2.25. The molecular weight excluding hydrogens is 391 g/mol. The van der Waals surface area contributed by atoms with Crippen LogP contribution in [-0.2, 0) is 6.54 Å². The maximum Gasteiger partial charge on any atom is 0.163 e. The van der Waals surface area contributed by atoms with Crippen molar-refractivity contribution in [3.63, 3.8) is 0 Å². The van der Waals surface area contributed by atoms with Crippen molar-refractivity contribution in [2.45, 2.75) is 52.0 Å². The van der Waals surface area contributed by atoms with Crippen LogP contribution in [0.25, 0.3) is 5.65 Å². The summed E-state index contributed by atoms with van der Waals surface area (Å²) in [5, 5.41) is 11.4. The zero-order valence-corrected chi connectivity index (χ0v) is 18.4. The van der Waals surface area contributed by atoms with E-state index in [1.807, 2.05) is 22.8 Å². The molecule has 7 heteroatoms. The second-order valence-corrected chi connectivity index (χ2v) is 8.96. The molecule has 4 rings (SSSR count). The Labute approximate surface area is 183 Å². The summed E-state index contributed by atoms with van der Waals surface area (Å²) in [5.41, 5.74) is 8.38. The highest BCUT2D eigenvalue weighted by Gasteiger charge is 2.20. The minimum absolute atomic E-state index is 0.213. The van der Waals surface area contributed by atoms with Crippen molar-refractivity contribution in [3.05, 3.63) is 53.5 Å². The molecule has 0 atom stereocenters. The standard InChI is InChI=1S/C24H33FN6/c1-16(2)20-15-29-31-23(28-14-19-5-3-4-6-21(19)25)11-22(30-24(20)31)27-13-18-9-7-17(12-26)8-10-18/h3-6,11,15-18,28H,7-10,12-14,26H2,1-2H3,(H,27,30). The number of halogens is 1. The van der Waals surface area contributed by atoms with Gasteiger partial charge in [0, 0.05) is 30.3 Å². The van der Waals surface area contributed by atoms with Gasteiger partial charge in [0.2, 0.25) is 0 Å². The van der Waals surface area contributed by atoms with Crippen LogP contribution in [0.1, 0.15) is 56.6 Å². The molecule has 6 nitrogen and oxygen atoms in total. The number of hydrogen-bond donors (Lipinski definition) is 3. The van der Waals surface area contributed by atoms with Crippen LogP contribution in [0, 0.1) is 17.7 Å². The number of hydrogen-bond acceptors (Lipinski definition) is 5. The Morgan fingerprint density at radius 2 is 1.87 bits per heavy atom. The lowest BCUT2D eigenvalue weighted by Gasteiger charge is -2.27. The Morgan fingerprint density at radius 3 is 2.58 bits per heavy atom. The minimum Gasteiger partial charge on any atom is -0.370 e. The molecule has 0 bridgehead atoms. The zero-order valence-electron chi connectivity index (χ0n) is 18.4. The molecule has 1 fully saturated rings. The molecule has 0 radical (unpaired) electrons. The number of nitrogens with zero attached hydrogens (tertiary/aromatic N) is 3. The number of rotatable bonds is 8. The van der Waals surface area contributed by atoms with Crippen LogP contribution in [0.15, 0.2) is 36.5 Å². The summed E-state index contributed by atoms with van der Waals surface area (Å²) in [6.07, 6.45) is 6.72. The predicted octanol–water partition coefficient (Wildman–Crippen LogP) is 4.78. The van der Waals surface area contributed by atoms with Crippen molar-refractivity contribution in [2.75, 3.05) is 23.7 Å². The summed E-state index contributed by atoms with van der Waals surface area (Å²) in [6, 6.07) is 8.79. The number of benzene rings is 1. The quantitative estimate of drug-likeness (QED) is 0.485. The summed E-state index contributed by atoms with van der Waals surface area (Å²) < 4.78 is 15.9. The van der Waals surface area contributed by atoms with Crippen molar-refractivity contribution in [3.8, 4) is 0 Å². The van der Waals surface area contributed by atoms with Crippen molar-refractivity contribution in [2.24, 2.45) is 17.6 Å². The molecule has 2 heterocycles. The Kier molecular flexibility index (Phi) is 6.70. The maximum absolute atomic E-state index is 14.1. The molecule has 166 valence electrons. The topological polar surface area (TPSA) is 80.3 Å². The van der Waals surface area contributed by atoms with Crippen molar-refractivity contribution in [1.82, 2.24) is 14.6 Å². The fourth-order valence-electron chi connectivity index (χ4n) is 4.35. The zero-order chi connectivity index (χ0) is 21.8. The van der Waals surface area contributed by atoms with E-state index in [1.165, 1.54) is 31.7 Å². The molecule has 1 aromatic carbocycles. The number of aromatic nitrogens is 3. The minimum atomic E-state index is -0.213. The van der Waals surface area contributed by atoms with E-state index in [0.717, 1.165) is 35.9 Å². The third-order valence-electron chi connectivity index (χ3n) is 6.41. The van der Waals surface area contributed by atoms with Gasteiger partial charge in [-0.25, -0.2) is 9.37 Å². The third-order valence-corrected chi connectivity index (χ3v) is 6.41. The Balaban J connectivity index is 1.54. The van der Waals surface area contributed by atoms with Gasteiger partial charge in [0.25, 0.3) is 0 Å². The SMILES string of the molecule is CC(C)c1cnn2c(NCc3ccccc3F)cc(NCC3CCC(CN)CC3)nc12. The van der Waals surface area contributed by atoms with Gasteiger partial charge in [0.05, 0.1) is 6.20 Å². The molecule has 3 aromatic rings. The first-order valence-corrected chi connectivity index (χ1v) is 11.3. The van der Waals surface area contributed by atoms with Crippen LogP contribution in [-0.4, -0.2) is 27.7 Å². The van der Waals surface area contributed by atoms with E-state index < -0.39 is 0 Å².